The van der Waals surface area contributed by atoms with Crippen LogP contribution in [0.15, 0.2) is 48.5 Å². The van der Waals surface area contributed by atoms with Crippen LogP contribution >= 0.6 is 0 Å². The Balaban J connectivity index is 1.73. The number of benzene rings is 2. The minimum atomic E-state index is -0.806. The van der Waals surface area contributed by atoms with E-state index in [9.17, 15) is 20.1 Å². The van der Waals surface area contributed by atoms with Crippen LogP contribution < -0.4 is 0 Å². The molecule has 0 fully saturated rings. The van der Waals surface area contributed by atoms with E-state index in [1.165, 1.54) is 96.3 Å². The average molecular weight is 539 g/mol. The van der Waals surface area contributed by atoms with Gasteiger partial charge in [-0.25, -0.2) is 0 Å². The van der Waals surface area contributed by atoms with Crippen molar-refractivity contribution in [2.24, 2.45) is 0 Å². The van der Waals surface area contributed by atoms with Gasteiger partial charge in [0, 0.05) is 11.8 Å². The number of carbonyl (C=O) groups is 1. The number of aliphatic carboxylic acids is 1. The van der Waals surface area contributed by atoms with E-state index in [0.717, 1.165) is 30.4 Å². The molecule has 3 N–H and O–H groups in total. The first-order valence-electron chi connectivity index (χ1n) is 15.8. The summed E-state index contributed by atoms with van der Waals surface area (Å²) in [7, 11) is 0. The van der Waals surface area contributed by atoms with E-state index in [4.69, 9.17) is 0 Å². The summed E-state index contributed by atoms with van der Waals surface area (Å²) < 4.78 is 0. The van der Waals surface area contributed by atoms with Crippen LogP contribution in [-0.4, -0.2) is 21.3 Å². The second-order valence-corrected chi connectivity index (χ2v) is 11.5. The van der Waals surface area contributed by atoms with E-state index in [1.807, 2.05) is 24.3 Å². The van der Waals surface area contributed by atoms with Crippen LogP contribution in [0.2, 0.25) is 0 Å². The molecule has 0 spiro atoms. The van der Waals surface area contributed by atoms with Gasteiger partial charge < -0.3 is 15.3 Å². The van der Waals surface area contributed by atoms with Crippen molar-refractivity contribution >= 4 is 5.97 Å². The normalized spacial score (nSPS) is 11.6. The SMILES string of the molecule is CCCCCCCCCCCCCCCCCCCC(CCC(=O)O)(c1ccc(O)cc1)c1ccc(O)cc1. The lowest BCUT2D eigenvalue weighted by molar-refractivity contribution is -0.137. The highest BCUT2D eigenvalue weighted by atomic mass is 16.4. The molecule has 0 aliphatic carbocycles. The van der Waals surface area contributed by atoms with Crippen LogP contribution in [0.3, 0.4) is 0 Å². The van der Waals surface area contributed by atoms with Crippen molar-refractivity contribution in [1.82, 2.24) is 0 Å². The Kier molecular flexibility index (Phi) is 16.4. The number of phenols is 2. The van der Waals surface area contributed by atoms with Gasteiger partial charge in [0.2, 0.25) is 0 Å². The summed E-state index contributed by atoms with van der Waals surface area (Å²) in [5.41, 5.74) is 1.57. The molecular weight excluding hydrogens is 484 g/mol. The van der Waals surface area contributed by atoms with E-state index in [0.29, 0.717) is 6.42 Å². The quantitative estimate of drug-likeness (QED) is 0.123. The van der Waals surface area contributed by atoms with Crippen molar-refractivity contribution in [2.75, 3.05) is 0 Å². The Bertz CT molecular complexity index is 842. The minimum Gasteiger partial charge on any atom is -0.508 e. The number of hydrogen-bond donors (Lipinski definition) is 3. The van der Waals surface area contributed by atoms with Crippen LogP contribution in [0, 0.1) is 0 Å². The highest BCUT2D eigenvalue weighted by Crippen LogP contribution is 2.42. The Labute approximate surface area is 237 Å². The largest absolute Gasteiger partial charge is 0.508 e. The number of hydrogen-bond acceptors (Lipinski definition) is 3. The van der Waals surface area contributed by atoms with Gasteiger partial charge in [0.1, 0.15) is 11.5 Å². The molecule has 0 heterocycles. The highest BCUT2D eigenvalue weighted by Gasteiger charge is 2.34. The molecule has 0 saturated heterocycles. The second-order valence-electron chi connectivity index (χ2n) is 11.5. The summed E-state index contributed by atoms with van der Waals surface area (Å²) >= 11 is 0. The first-order valence-corrected chi connectivity index (χ1v) is 15.8. The molecule has 0 radical (unpaired) electrons. The zero-order valence-electron chi connectivity index (χ0n) is 24.5. The molecular formula is C35H54O4. The minimum absolute atomic E-state index is 0.0702. The van der Waals surface area contributed by atoms with E-state index in [1.54, 1.807) is 24.3 Å². The Hall–Kier alpha value is -2.49. The molecule has 0 amide bonds. The fourth-order valence-corrected chi connectivity index (χ4v) is 5.90. The number of phenolic OH excluding ortho intramolecular Hbond substituents is 2. The van der Waals surface area contributed by atoms with Crippen molar-refractivity contribution in [3.05, 3.63) is 59.7 Å². The molecule has 2 aromatic rings. The fourth-order valence-electron chi connectivity index (χ4n) is 5.90. The van der Waals surface area contributed by atoms with Crippen molar-refractivity contribution in [3.8, 4) is 11.5 Å². The molecule has 2 rings (SSSR count). The average Bonchev–Trinajstić information content (AvgIpc) is 2.93. The molecule has 0 saturated carbocycles. The van der Waals surface area contributed by atoms with E-state index in [2.05, 4.69) is 6.92 Å². The third kappa shape index (κ3) is 12.9. The predicted molar refractivity (Wildman–Crippen MR) is 163 cm³/mol. The zero-order valence-corrected chi connectivity index (χ0v) is 24.5. The zero-order chi connectivity index (χ0) is 28.2. The maximum Gasteiger partial charge on any atom is 0.303 e. The van der Waals surface area contributed by atoms with E-state index in [-0.39, 0.29) is 17.9 Å². The molecule has 39 heavy (non-hydrogen) atoms. The van der Waals surface area contributed by atoms with Crippen LogP contribution in [-0.2, 0) is 10.2 Å². The Morgan fingerprint density at radius 3 is 1.21 bits per heavy atom. The number of carboxylic acid groups (broad SMARTS) is 1. The predicted octanol–water partition coefficient (Wildman–Crippen LogP) is 10.3. The summed E-state index contributed by atoms with van der Waals surface area (Å²) in [6, 6.07) is 14.4. The highest BCUT2D eigenvalue weighted by molar-refractivity contribution is 5.67. The number of unbranched alkanes of at least 4 members (excludes halogenated alkanes) is 16. The topological polar surface area (TPSA) is 77.8 Å². The summed E-state index contributed by atoms with van der Waals surface area (Å²) in [5, 5.41) is 29.2. The fraction of sp³-hybridized carbons (Fsp3) is 0.629. The first kappa shape index (κ1) is 32.7. The van der Waals surface area contributed by atoms with Gasteiger partial charge in [0.05, 0.1) is 0 Å². The smallest absolute Gasteiger partial charge is 0.303 e. The number of aromatic hydroxyl groups is 2. The number of carboxylic acids is 1. The van der Waals surface area contributed by atoms with Gasteiger partial charge in [-0.2, -0.15) is 0 Å². The van der Waals surface area contributed by atoms with Crippen LogP contribution in [0.1, 0.15) is 146 Å². The Morgan fingerprint density at radius 2 is 0.872 bits per heavy atom. The summed E-state index contributed by atoms with van der Waals surface area (Å²) in [6.07, 6.45) is 24.0. The summed E-state index contributed by atoms with van der Waals surface area (Å²) in [6.45, 7) is 2.28. The molecule has 0 unspecified atom stereocenters. The number of rotatable bonds is 23. The van der Waals surface area contributed by atoms with Gasteiger partial charge in [-0.3, -0.25) is 4.79 Å². The molecule has 0 bridgehead atoms. The molecule has 4 nitrogen and oxygen atoms in total. The lowest BCUT2D eigenvalue weighted by atomic mass is 9.68. The van der Waals surface area contributed by atoms with Crippen molar-refractivity contribution in [2.45, 2.75) is 141 Å². The lowest BCUT2D eigenvalue weighted by Crippen LogP contribution is -2.29. The molecule has 0 atom stereocenters. The van der Waals surface area contributed by atoms with Gasteiger partial charge in [0.25, 0.3) is 0 Å². The van der Waals surface area contributed by atoms with Crippen molar-refractivity contribution in [1.29, 1.82) is 0 Å². The summed E-state index contributed by atoms with van der Waals surface area (Å²) in [5.74, 6) is -0.400. The monoisotopic (exact) mass is 538 g/mol. The standard InChI is InChI=1S/C35H54O4/c1-2-3-4-5-6-7-8-9-10-11-12-13-14-15-16-17-18-28-35(29-27-34(38)39,30-19-23-32(36)24-20-30)31-21-25-33(37)26-22-31/h19-26,36-37H,2-18,27-29H2,1H3,(H,38,39). The van der Waals surface area contributed by atoms with Gasteiger partial charge in [-0.15, -0.1) is 0 Å². The van der Waals surface area contributed by atoms with Gasteiger partial charge >= 0.3 is 5.97 Å². The Morgan fingerprint density at radius 1 is 0.538 bits per heavy atom. The first-order chi connectivity index (χ1) is 19.0. The maximum atomic E-state index is 11.6. The molecule has 2 aromatic carbocycles. The van der Waals surface area contributed by atoms with Gasteiger partial charge in [-0.1, -0.05) is 140 Å². The van der Waals surface area contributed by atoms with Crippen LogP contribution in [0.4, 0.5) is 0 Å². The third-order valence-electron chi connectivity index (χ3n) is 8.31. The van der Waals surface area contributed by atoms with Crippen molar-refractivity contribution < 1.29 is 20.1 Å². The molecule has 4 heteroatoms. The molecule has 218 valence electrons. The molecule has 0 aliphatic heterocycles. The molecule has 0 aromatic heterocycles. The summed E-state index contributed by atoms with van der Waals surface area (Å²) in [4.78, 5) is 11.6. The lowest BCUT2D eigenvalue weighted by Gasteiger charge is -2.35. The van der Waals surface area contributed by atoms with Crippen LogP contribution in [0.5, 0.6) is 11.5 Å². The second kappa shape index (κ2) is 19.6. The van der Waals surface area contributed by atoms with Crippen LogP contribution in [0.25, 0.3) is 0 Å². The molecule has 0 aliphatic rings. The van der Waals surface area contributed by atoms with E-state index < -0.39 is 11.4 Å². The van der Waals surface area contributed by atoms with Gasteiger partial charge in [-0.05, 0) is 48.2 Å². The van der Waals surface area contributed by atoms with E-state index >= 15 is 0 Å². The van der Waals surface area contributed by atoms with Crippen molar-refractivity contribution in [3.63, 3.8) is 0 Å². The van der Waals surface area contributed by atoms with Gasteiger partial charge in [0.15, 0.2) is 0 Å². The third-order valence-corrected chi connectivity index (χ3v) is 8.31. The maximum absolute atomic E-state index is 11.6.